The largest absolute Gasteiger partial charge is 0.457 e. The number of hydrogen-bond donors (Lipinski definition) is 2. The van der Waals surface area contributed by atoms with Gasteiger partial charge in [0.15, 0.2) is 24.1 Å². The highest BCUT2D eigenvalue weighted by Crippen LogP contribution is 2.46. The van der Waals surface area contributed by atoms with E-state index in [0.717, 1.165) is 43.7 Å². The monoisotopic (exact) mass is 488 g/mol. The normalized spacial score (nSPS) is 19.2. The Morgan fingerprint density at radius 3 is 2.42 bits per heavy atom. The number of para-hydroxylation sites is 1. The highest BCUT2D eigenvalue weighted by Gasteiger charge is 2.43. The van der Waals surface area contributed by atoms with Gasteiger partial charge in [-0.3, -0.25) is 4.79 Å². The summed E-state index contributed by atoms with van der Waals surface area (Å²) in [6.45, 7) is 1.78. The maximum atomic E-state index is 12.3. The van der Waals surface area contributed by atoms with E-state index in [2.05, 4.69) is 20.2 Å². The van der Waals surface area contributed by atoms with Crippen LogP contribution in [0.1, 0.15) is 12.8 Å². The summed E-state index contributed by atoms with van der Waals surface area (Å²) >= 11 is 0. The molecule has 2 aliphatic rings. The molecule has 0 bridgehead atoms. The zero-order valence-electron chi connectivity index (χ0n) is 17.8. The molecule has 2 atom stereocenters. The van der Waals surface area contributed by atoms with Crippen LogP contribution in [0.5, 0.6) is 11.5 Å². The Morgan fingerprint density at radius 2 is 1.76 bits per heavy atom. The number of fused-ring (bicyclic) bond motifs is 1. The predicted molar refractivity (Wildman–Crippen MR) is 134 cm³/mol. The lowest BCUT2D eigenvalue weighted by atomic mass is 10.1. The van der Waals surface area contributed by atoms with Crippen molar-refractivity contribution in [1.82, 2.24) is 15.3 Å². The van der Waals surface area contributed by atoms with Crippen molar-refractivity contribution < 1.29 is 9.53 Å². The first kappa shape index (κ1) is 24.6. The van der Waals surface area contributed by atoms with Crippen LogP contribution >= 0.6 is 24.8 Å². The zero-order chi connectivity index (χ0) is 21.2. The summed E-state index contributed by atoms with van der Waals surface area (Å²) in [7, 11) is 0. The van der Waals surface area contributed by atoms with Gasteiger partial charge in [0, 0.05) is 18.3 Å². The summed E-state index contributed by atoms with van der Waals surface area (Å²) < 4.78 is 5.90. The average molecular weight is 489 g/mol. The molecule has 0 radical (unpaired) electrons. The second-order valence-corrected chi connectivity index (χ2v) is 7.67. The Balaban J connectivity index is 0.00000153. The molecule has 2 aliphatic heterocycles. The minimum Gasteiger partial charge on any atom is -0.457 e. The zero-order valence-corrected chi connectivity index (χ0v) is 19.5. The van der Waals surface area contributed by atoms with Crippen molar-refractivity contribution in [3.05, 3.63) is 60.9 Å². The minimum absolute atomic E-state index is 0. The topological polar surface area (TPSA) is 96.6 Å². The summed E-state index contributed by atoms with van der Waals surface area (Å²) in [5.41, 5.74) is 7.76. The van der Waals surface area contributed by atoms with Gasteiger partial charge in [-0.15, -0.1) is 24.8 Å². The summed E-state index contributed by atoms with van der Waals surface area (Å²) in [6.07, 6.45) is 3.90. The number of nitrogens with two attached hydrogens (primary N) is 1. The van der Waals surface area contributed by atoms with E-state index in [1.165, 1.54) is 6.33 Å². The Morgan fingerprint density at radius 1 is 1.03 bits per heavy atom. The van der Waals surface area contributed by atoms with Gasteiger partial charge >= 0.3 is 0 Å². The van der Waals surface area contributed by atoms with E-state index >= 15 is 0 Å². The Kier molecular flexibility index (Phi) is 7.97. The molecule has 3 aromatic rings. The van der Waals surface area contributed by atoms with Crippen LogP contribution < -0.4 is 25.6 Å². The number of hydrogen-bond acceptors (Lipinski definition) is 8. The number of carbonyl (C=O) groups excluding carboxylic acids is 1. The molecular formula is C23H26Cl2N6O2. The molecule has 0 amide bonds. The van der Waals surface area contributed by atoms with E-state index in [1.807, 2.05) is 59.5 Å². The molecule has 1 fully saturated rings. The van der Waals surface area contributed by atoms with Gasteiger partial charge in [0.05, 0.1) is 0 Å². The van der Waals surface area contributed by atoms with E-state index < -0.39 is 6.17 Å². The van der Waals surface area contributed by atoms with Gasteiger partial charge < -0.3 is 25.6 Å². The van der Waals surface area contributed by atoms with Gasteiger partial charge in [-0.25, -0.2) is 9.97 Å². The number of halogens is 2. The summed E-state index contributed by atoms with van der Waals surface area (Å²) in [6, 6.07) is 17.4. The van der Waals surface area contributed by atoms with Crippen LogP contribution in [0.4, 0.5) is 23.0 Å². The van der Waals surface area contributed by atoms with Gasteiger partial charge in [-0.1, -0.05) is 18.2 Å². The van der Waals surface area contributed by atoms with Crippen molar-refractivity contribution in [1.29, 1.82) is 0 Å². The van der Waals surface area contributed by atoms with Gasteiger partial charge in [0.1, 0.15) is 23.5 Å². The van der Waals surface area contributed by atoms with Crippen LogP contribution in [0.2, 0.25) is 0 Å². The smallest absolute Gasteiger partial charge is 0.165 e. The van der Waals surface area contributed by atoms with Gasteiger partial charge in [0.25, 0.3) is 0 Å². The first-order valence-corrected chi connectivity index (χ1v) is 10.4. The quantitative estimate of drug-likeness (QED) is 0.521. The average Bonchev–Trinajstić information content (AvgIpc) is 3.16. The number of ether oxygens (including phenoxy) is 1. The van der Waals surface area contributed by atoms with Crippen LogP contribution in [-0.4, -0.2) is 41.6 Å². The molecule has 0 saturated carbocycles. The molecule has 2 aromatic carbocycles. The predicted octanol–water partition coefficient (Wildman–Crippen LogP) is 3.93. The standard InChI is InChI=1S/C23H24N6O2.2ClH/c24-22-21-23(27-15-26-22)29(17-5-4-12-25-13-17)20(14-30)28(21)16-8-10-19(11-9-16)31-18-6-2-1-3-7-18;;/h1-3,6-11,14-15,17,20,25H,4-5,12-13H2,(H2,24,26,27);2*1H/t17-,20?;;/m1../s1. The third-order valence-corrected chi connectivity index (χ3v) is 5.75. The first-order valence-electron chi connectivity index (χ1n) is 10.4. The fourth-order valence-corrected chi connectivity index (χ4v) is 4.35. The number of aromatic nitrogens is 2. The number of benzene rings is 2. The van der Waals surface area contributed by atoms with E-state index in [-0.39, 0.29) is 30.9 Å². The molecule has 8 nitrogen and oxygen atoms in total. The van der Waals surface area contributed by atoms with E-state index in [4.69, 9.17) is 10.5 Å². The number of aldehydes is 1. The third kappa shape index (κ3) is 4.68. The van der Waals surface area contributed by atoms with Gasteiger partial charge in [-0.2, -0.15) is 0 Å². The van der Waals surface area contributed by atoms with Gasteiger partial charge in [0.2, 0.25) is 0 Å². The Labute approximate surface area is 205 Å². The number of piperidine rings is 1. The van der Waals surface area contributed by atoms with E-state index in [1.54, 1.807) is 0 Å². The number of carbonyl (C=O) groups is 1. The number of rotatable bonds is 5. The Hall–Kier alpha value is -3.07. The van der Waals surface area contributed by atoms with E-state index in [9.17, 15) is 4.79 Å². The molecule has 1 saturated heterocycles. The highest BCUT2D eigenvalue weighted by atomic mass is 35.5. The van der Waals surface area contributed by atoms with Crippen LogP contribution in [0.3, 0.4) is 0 Å². The van der Waals surface area contributed by atoms with Crippen LogP contribution in [-0.2, 0) is 4.79 Å². The SMILES string of the molecule is Cl.Cl.Nc1ncnc2c1N(c1ccc(Oc3ccccc3)cc1)C(C=O)N2[C@@H]1CCCNC1. The number of nitrogens with zero attached hydrogens (tertiary/aromatic N) is 4. The first-order chi connectivity index (χ1) is 15.3. The number of nitrogens with one attached hydrogen (secondary N) is 1. The minimum atomic E-state index is -0.542. The third-order valence-electron chi connectivity index (χ3n) is 5.75. The molecule has 0 aliphatic carbocycles. The van der Waals surface area contributed by atoms with Crippen molar-refractivity contribution in [3.63, 3.8) is 0 Å². The molecule has 0 spiro atoms. The van der Waals surface area contributed by atoms with Crippen molar-refractivity contribution in [2.45, 2.75) is 25.0 Å². The molecule has 5 rings (SSSR count). The molecule has 1 unspecified atom stereocenters. The molecule has 33 heavy (non-hydrogen) atoms. The summed E-state index contributed by atoms with van der Waals surface area (Å²) in [4.78, 5) is 25.0. The summed E-state index contributed by atoms with van der Waals surface area (Å²) in [5.74, 6) is 2.53. The molecule has 10 heteroatoms. The number of anilines is 4. The lowest BCUT2D eigenvalue weighted by molar-refractivity contribution is -0.108. The van der Waals surface area contributed by atoms with Crippen LogP contribution in [0, 0.1) is 0 Å². The van der Waals surface area contributed by atoms with Crippen molar-refractivity contribution in [2.24, 2.45) is 0 Å². The maximum absolute atomic E-state index is 12.3. The molecular weight excluding hydrogens is 463 g/mol. The van der Waals surface area contributed by atoms with Crippen LogP contribution in [0.15, 0.2) is 60.9 Å². The second kappa shape index (κ2) is 10.7. The molecule has 174 valence electrons. The molecule has 3 N–H and O–H groups in total. The lowest BCUT2D eigenvalue weighted by Gasteiger charge is -2.36. The van der Waals surface area contributed by atoms with Crippen molar-refractivity contribution in [3.8, 4) is 11.5 Å². The van der Waals surface area contributed by atoms with Crippen molar-refractivity contribution in [2.75, 3.05) is 28.6 Å². The Bertz CT molecular complexity index is 1060. The van der Waals surface area contributed by atoms with Gasteiger partial charge in [-0.05, 0) is 55.8 Å². The highest BCUT2D eigenvalue weighted by molar-refractivity contribution is 5.94. The van der Waals surface area contributed by atoms with E-state index in [0.29, 0.717) is 23.1 Å². The lowest BCUT2D eigenvalue weighted by Crippen LogP contribution is -2.53. The number of nitrogen functional groups attached to an aromatic ring is 1. The summed E-state index contributed by atoms with van der Waals surface area (Å²) in [5, 5.41) is 3.42. The second-order valence-electron chi connectivity index (χ2n) is 7.67. The molecule has 3 heterocycles. The fourth-order valence-electron chi connectivity index (χ4n) is 4.35. The molecule has 1 aromatic heterocycles. The fraction of sp³-hybridized carbons (Fsp3) is 0.261. The van der Waals surface area contributed by atoms with Crippen LogP contribution in [0.25, 0.3) is 0 Å². The maximum Gasteiger partial charge on any atom is 0.165 e. The van der Waals surface area contributed by atoms with Crippen molar-refractivity contribution >= 4 is 54.1 Å².